The number of likely N-dealkylation sites (tertiary alicyclic amines) is 1. The molecule has 0 radical (unpaired) electrons. The minimum atomic E-state index is 0.0838. The minimum absolute atomic E-state index is 0.0838. The molecule has 0 aliphatic carbocycles. The summed E-state index contributed by atoms with van der Waals surface area (Å²) in [5, 5.41) is 15.4. The number of benzene rings is 1. The Balaban J connectivity index is 1.69. The van der Waals surface area contributed by atoms with Crippen LogP contribution in [0.25, 0.3) is 0 Å². The molecule has 1 fully saturated rings. The smallest absolute Gasteiger partial charge is 0.233 e. The van der Waals surface area contributed by atoms with Gasteiger partial charge in [0, 0.05) is 32.7 Å². The lowest BCUT2D eigenvalue weighted by Crippen LogP contribution is -2.45. The molecule has 0 saturated carbocycles. The van der Waals surface area contributed by atoms with Gasteiger partial charge < -0.3 is 15.7 Å². The van der Waals surface area contributed by atoms with Crippen molar-refractivity contribution < 1.29 is 9.90 Å². The number of hydrogen-bond acceptors (Lipinski definition) is 4. The maximum Gasteiger partial charge on any atom is 0.233 e. The summed E-state index contributed by atoms with van der Waals surface area (Å²) < 4.78 is 0. The maximum absolute atomic E-state index is 11.3. The molecule has 0 bridgehead atoms. The first-order valence-electron chi connectivity index (χ1n) is 7.11. The van der Waals surface area contributed by atoms with E-state index in [1.165, 1.54) is 5.56 Å². The van der Waals surface area contributed by atoms with E-state index in [0.29, 0.717) is 18.3 Å². The third kappa shape index (κ3) is 4.51. The first-order valence-corrected chi connectivity index (χ1v) is 7.11. The van der Waals surface area contributed by atoms with E-state index in [1.54, 1.807) is 19.2 Å². The zero-order chi connectivity index (χ0) is 14.4. The van der Waals surface area contributed by atoms with Crippen molar-refractivity contribution >= 4 is 5.91 Å². The van der Waals surface area contributed by atoms with Gasteiger partial charge in [-0.15, -0.1) is 0 Å². The third-order valence-electron chi connectivity index (χ3n) is 3.76. The van der Waals surface area contributed by atoms with E-state index in [1.807, 2.05) is 12.1 Å². The van der Waals surface area contributed by atoms with Crippen molar-refractivity contribution in [3.8, 4) is 5.75 Å². The lowest BCUT2D eigenvalue weighted by Gasteiger charge is -2.31. The van der Waals surface area contributed by atoms with Crippen molar-refractivity contribution in [1.29, 1.82) is 0 Å². The maximum atomic E-state index is 11.3. The van der Waals surface area contributed by atoms with E-state index < -0.39 is 0 Å². The number of hydrogen-bond donors (Lipinski definition) is 3. The first kappa shape index (κ1) is 14.8. The molecule has 1 heterocycles. The average molecular weight is 277 g/mol. The number of nitrogens with zero attached hydrogens (tertiary/aromatic N) is 1. The molecule has 110 valence electrons. The van der Waals surface area contributed by atoms with Crippen LogP contribution in [0.1, 0.15) is 18.4 Å². The molecule has 5 nitrogen and oxygen atoms in total. The van der Waals surface area contributed by atoms with Crippen molar-refractivity contribution in [2.24, 2.45) is 0 Å². The van der Waals surface area contributed by atoms with Crippen LogP contribution in [0.15, 0.2) is 24.3 Å². The molecular weight excluding hydrogens is 254 g/mol. The summed E-state index contributed by atoms with van der Waals surface area (Å²) in [5.41, 5.74) is 1.18. The fraction of sp³-hybridized carbons (Fsp3) is 0.533. The predicted molar refractivity (Wildman–Crippen MR) is 78.5 cm³/mol. The Hall–Kier alpha value is -1.59. The second-order valence-corrected chi connectivity index (χ2v) is 5.27. The van der Waals surface area contributed by atoms with Crippen LogP contribution in [0.5, 0.6) is 5.75 Å². The van der Waals surface area contributed by atoms with E-state index >= 15 is 0 Å². The Bertz CT molecular complexity index is 425. The predicted octanol–water partition coefficient (Wildman–Crippen LogP) is 0.692. The summed E-state index contributed by atoms with van der Waals surface area (Å²) in [5.74, 6) is 0.386. The number of carbonyl (C=O) groups excluding carboxylic acids is 1. The Kier molecular flexibility index (Phi) is 5.38. The van der Waals surface area contributed by atoms with Gasteiger partial charge in [0.15, 0.2) is 0 Å². The van der Waals surface area contributed by atoms with Gasteiger partial charge in [0.2, 0.25) is 5.91 Å². The number of phenols is 1. The van der Waals surface area contributed by atoms with Crippen LogP contribution in [0.3, 0.4) is 0 Å². The summed E-state index contributed by atoms with van der Waals surface area (Å²) >= 11 is 0. The molecule has 3 N–H and O–H groups in total. The van der Waals surface area contributed by atoms with Crippen LogP contribution >= 0.6 is 0 Å². The molecule has 1 saturated heterocycles. The van der Waals surface area contributed by atoms with Gasteiger partial charge in [-0.3, -0.25) is 9.69 Å². The lowest BCUT2D eigenvalue weighted by molar-refractivity contribution is -0.122. The van der Waals surface area contributed by atoms with Crippen LogP contribution in [-0.4, -0.2) is 48.6 Å². The number of carbonyl (C=O) groups is 1. The molecule has 1 aliphatic heterocycles. The Labute approximate surface area is 120 Å². The molecule has 5 heteroatoms. The molecule has 0 spiro atoms. The SMILES string of the molecule is CNC(=O)CN1CCC(NCc2ccc(O)cc2)CC1. The first-order chi connectivity index (χ1) is 9.67. The standard InChI is InChI=1S/C15H23N3O2/c1-16-15(20)11-18-8-6-13(7-9-18)17-10-12-2-4-14(19)5-3-12/h2-5,13,17,19H,6-11H2,1H3,(H,16,20). The van der Waals surface area contributed by atoms with Gasteiger partial charge in [-0.1, -0.05) is 12.1 Å². The van der Waals surface area contributed by atoms with Gasteiger partial charge in [-0.25, -0.2) is 0 Å². The van der Waals surface area contributed by atoms with Crippen molar-refractivity contribution in [3.63, 3.8) is 0 Å². The fourth-order valence-corrected chi connectivity index (χ4v) is 2.45. The van der Waals surface area contributed by atoms with E-state index in [2.05, 4.69) is 15.5 Å². The highest BCUT2D eigenvalue weighted by molar-refractivity contribution is 5.77. The highest BCUT2D eigenvalue weighted by Gasteiger charge is 2.19. The molecular formula is C15H23N3O2. The summed E-state index contributed by atoms with van der Waals surface area (Å²) in [6.07, 6.45) is 2.13. The molecule has 2 rings (SSSR count). The van der Waals surface area contributed by atoms with Crippen molar-refractivity contribution in [2.45, 2.75) is 25.4 Å². The van der Waals surface area contributed by atoms with Crippen molar-refractivity contribution in [2.75, 3.05) is 26.7 Å². The Morgan fingerprint density at radius 1 is 1.30 bits per heavy atom. The van der Waals surface area contributed by atoms with Gasteiger partial charge in [0.25, 0.3) is 0 Å². The number of amides is 1. The zero-order valence-electron chi connectivity index (χ0n) is 11.9. The molecule has 1 amide bonds. The van der Waals surface area contributed by atoms with Gasteiger partial charge in [-0.05, 0) is 30.5 Å². The van der Waals surface area contributed by atoms with Crippen molar-refractivity contribution in [1.82, 2.24) is 15.5 Å². The van der Waals surface area contributed by atoms with Crippen molar-refractivity contribution in [3.05, 3.63) is 29.8 Å². The normalized spacial score (nSPS) is 17.1. The van der Waals surface area contributed by atoms with Crippen LogP contribution in [0.2, 0.25) is 0 Å². The summed E-state index contributed by atoms with van der Waals surface area (Å²) in [4.78, 5) is 13.5. The highest BCUT2D eigenvalue weighted by atomic mass is 16.3. The highest BCUT2D eigenvalue weighted by Crippen LogP contribution is 2.12. The van der Waals surface area contributed by atoms with E-state index in [9.17, 15) is 9.90 Å². The number of rotatable bonds is 5. The number of aromatic hydroxyl groups is 1. The molecule has 0 aromatic heterocycles. The number of likely N-dealkylation sites (N-methyl/N-ethyl adjacent to an activating group) is 1. The number of nitrogens with one attached hydrogen (secondary N) is 2. The topological polar surface area (TPSA) is 64.6 Å². The zero-order valence-corrected chi connectivity index (χ0v) is 11.9. The molecule has 1 aromatic rings. The average Bonchev–Trinajstić information content (AvgIpc) is 2.48. The fourth-order valence-electron chi connectivity index (χ4n) is 2.45. The number of phenolic OH excluding ortho intramolecular Hbond substituents is 1. The largest absolute Gasteiger partial charge is 0.508 e. The Morgan fingerprint density at radius 3 is 2.55 bits per heavy atom. The quantitative estimate of drug-likeness (QED) is 0.741. The molecule has 1 aromatic carbocycles. The van der Waals surface area contributed by atoms with E-state index in [4.69, 9.17) is 0 Å². The summed E-state index contributed by atoms with van der Waals surface area (Å²) in [7, 11) is 1.67. The lowest BCUT2D eigenvalue weighted by atomic mass is 10.0. The van der Waals surface area contributed by atoms with Crippen LogP contribution in [-0.2, 0) is 11.3 Å². The van der Waals surface area contributed by atoms with Gasteiger partial charge in [-0.2, -0.15) is 0 Å². The number of piperidine rings is 1. The second-order valence-electron chi connectivity index (χ2n) is 5.27. The van der Waals surface area contributed by atoms with Crippen LogP contribution in [0, 0.1) is 0 Å². The monoisotopic (exact) mass is 277 g/mol. The van der Waals surface area contributed by atoms with Gasteiger partial charge >= 0.3 is 0 Å². The Morgan fingerprint density at radius 2 is 1.95 bits per heavy atom. The second kappa shape index (κ2) is 7.26. The molecule has 1 aliphatic rings. The molecule has 20 heavy (non-hydrogen) atoms. The summed E-state index contributed by atoms with van der Waals surface area (Å²) in [6, 6.07) is 7.79. The van der Waals surface area contributed by atoms with Crippen LogP contribution < -0.4 is 10.6 Å². The molecule has 0 unspecified atom stereocenters. The third-order valence-corrected chi connectivity index (χ3v) is 3.76. The summed E-state index contributed by atoms with van der Waals surface area (Å²) in [6.45, 7) is 3.24. The van der Waals surface area contributed by atoms with Gasteiger partial charge in [0.1, 0.15) is 5.75 Å². The van der Waals surface area contributed by atoms with Gasteiger partial charge in [0.05, 0.1) is 6.54 Å². The van der Waals surface area contributed by atoms with E-state index in [0.717, 1.165) is 32.5 Å². The van der Waals surface area contributed by atoms with Crippen LogP contribution in [0.4, 0.5) is 0 Å². The molecule has 0 atom stereocenters. The van der Waals surface area contributed by atoms with E-state index in [-0.39, 0.29) is 5.91 Å². The minimum Gasteiger partial charge on any atom is -0.508 e.